The van der Waals surface area contributed by atoms with Gasteiger partial charge in [0.25, 0.3) is 0 Å². The van der Waals surface area contributed by atoms with E-state index >= 15 is 0 Å². The van der Waals surface area contributed by atoms with Gasteiger partial charge in [-0.3, -0.25) is 0 Å². The molecule has 2 N–H and O–H groups in total. The predicted octanol–water partition coefficient (Wildman–Crippen LogP) is 2.71. The minimum atomic E-state index is -0.0189. The van der Waals surface area contributed by atoms with Crippen molar-refractivity contribution in [2.45, 2.75) is 70.9 Å². The number of aliphatic hydroxyl groups excluding tert-OH is 1. The summed E-state index contributed by atoms with van der Waals surface area (Å²) >= 11 is 0. The van der Waals surface area contributed by atoms with Gasteiger partial charge in [0.2, 0.25) is 0 Å². The number of rotatable bonds is 3. The van der Waals surface area contributed by atoms with Crippen molar-refractivity contribution in [3.8, 4) is 0 Å². The Morgan fingerprint density at radius 1 is 1.25 bits per heavy atom. The first-order valence-corrected chi connectivity index (χ1v) is 6.97. The standard InChI is InChI=1S/C14H27NO/c1-14(2)7-3-4-12(9-14)15-10-11-5-6-13(16)8-11/h11-13,15-16H,3-10H2,1-2H3. The summed E-state index contributed by atoms with van der Waals surface area (Å²) in [6.45, 7) is 5.90. The second kappa shape index (κ2) is 5.05. The third-order valence-corrected chi connectivity index (χ3v) is 4.41. The first-order valence-electron chi connectivity index (χ1n) is 6.97. The van der Waals surface area contributed by atoms with Gasteiger partial charge in [-0.2, -0.15) is 0 Å². The van der Waals surface area contributed by atoms with E-state index in [2.05, 4.69) is 19.2 Å². The van der Waals surface area contributed by atoms with Gasteiger partial charge >= 0.3 is 0 Å². The zero-order valence-corrected chi connectivity index (χ0v) is 10.8. The summed E-state index contributed by atoms with van der Waals surface area (Å²) < 4.78 is 0. The Kier molecular flexibility index (Phi) is 3.91. The minimum absolute atomic E-state index is 0.0189. The molecular formula is C14H27NO. The first kappa shape index (κ1) is 12.4. The molecule has 0 amide bonds. The van der Waals surface area contributed by atoms with Gasteiger partial charge in [0, 0.05) is 6.04 Å². The molecule has 0 aromatic heterocycles. The van der Waals surface area contributed by atoms with Crippen LogP contribution in [0.4, 0.5) is 0 Å². The molecule has 3 unspecified atom stereocenters. The lowest BCUT2D eigenvalue weighted by Crippen LogP contribution is -2.39. The number of hydrogen-bond acceptors (Lipinski definition) is 2. The number of hydrogen-bond donors (Lipinski definition) is 2. The Morgan fingerprint density at radius 2 is 2.06 bits per heavy atom. The second-order valence-electron chi connectivity index (χ2n) is 6.70. The van der Waals surface area contributed by atoms with E-state index in [4.69, 9.17) is 0 Å². The fourth-order valence-corrected chi connectivity index (χ4v) is 3.44. The average Bonchev–Trinajstić information content (AvgIpc) is 2.60. The fraction of sp³-hybridized carbons (Fsp3) is 1.00. The lowest BCUT2D eigenvalue weighted by molar-refractivity contribution is 0.172. The molecule has 16 heavy (non-hydrogen) atoms. The fourth-order valence-electron chi connectivity index (χ4n) is 3.44. The van der Waals surface area contributed by atoms with Crippen LogP contribution in [-0.4, -0.2) is 23.8 Å². The SMILES string of the molecule is CC1(C)CCCC(NCC2CCC(O)C2)C1. The van der Waals surface area contributed by atoms with Crippen LogP contribution in [0.3, 0.4) is 0 Å². The highest BCUT2D eigenvalue weighted by molar-refractivity contribution is 4.85. The molecule has 2 saturated carbocycles. The molecule has 2 aliphatic carbocycles. The second-order valence-corrected chi connectivity index (χ2v) is 6.70. The molecule has 94 valence electrons. The average molecular weight is 225 g/mol. The maximum atomic E-state index is 9.49. The summed E-state index contributed by atoms with van der Waals surface area (Å²) in [6.07, 6.45) is 8.65. The van der Waals surface area contributed by atoms with Gasteiger partial charge in [-0.05, 0) is 56.4 Å². The van der Waals surface area contributed by atoms with Crippen molar-refractivity contribution in [3.05, 3.63) is 0 Å². The maximum absolute atomic E-state index is 9.49. The minimum Gasteiger partial charge on any atom is -0.393 e. The topological polar surface area (TPSA) is 32.3 Å². The van der Waals surface area contributed by atoms with Crippen LogP contribution in [0.25, 0.3) is 0 Å². The summed E-state index contributed by atoms with van der Waals surface area (Å²) in [4.78, 5) is 0. The third-order valence-electron chi connectivity index (χ3n) is 4.41. The lowest BCUT2D eigenvalue weighted by Gasteiger charge is -2.36. The van der Waals surface area contributed by atoms with Crippen LogP contribution >= 0.6 is 0 Å². The van der Waals surface area contributed by atoms with Crippen molar-refractivity contribution in [2.75, 3.05) is 6.54 Å². The molecule has 2 heteroatoms. The summed E-state index contributed by atoms with van der Waals surface area (Å²) in [5.41, 5.74) is 0.533. The van der Waals surface area contributed by atoms with E-state index < -0.39 is 0 Å². The van der Waals surface area contributed by atoms with Crippen LogP contribution in [0, 0.1) is 11.3 Å². The molecular weight excluding hydrogens is 198 g/mol. The summed E-state index contributed by atoms with van der Waals surface area (Å²) in [5, 5.41) is 13.2. The van der Waals surface area contributed by atoms with Crippen molar-refractivity contribution in [1.82, 2.24) is 5.32 Å². The van der Waals surface area contributed by atoms with Gasteiger partial charge in [-0.15, -0.1) is 0 Å². The highest BCUT2D eigenvalue weighted by Gasteiger charge is 2.29. The van der Waals surface area contributed by atoms with Crippen LogP contribution in [0.5, 0.6) is 0 Å². The molecule has 2 fully saturated rings. The predicted molar refractivity (Wildman–Crippen MR) is 67.4 cm³/mol. The molecule has 2 aliphatic rings. The van der Waals surface area contributed by atoms with E-state index in [1.807, 2.05) is 0 Å². The van der Waals surface area contributed by atoms with Crippen LogP contribution < -0.4 is 5.32 Å². The van der Waals surface area contributed by atoms with Crippen LogP contribution in [0.1, 0.15) is 58.8 Å². The van der Waals surface area contributed by atoms with Gasteiger partial charge in [-0.25, -0.2) is 0 Å². The molecule has 0 bridgehead atoms. The Labute approximate surface area is 99.8 Å². The Balaban J connectivity index is 1.69. The van der Waals surface area contributed by atoms with Gasteiger partial charge < -0.3 is 10.4 Å². The van der Waals surface area contributed by atoms with Crippen molar-refractivity contribution >= 4 is 0 Å². The Bertz CT molecular complexity index is 227. The smallest absolute Gasteiger partial charge is 0.0543 e. The Hall–Kier alpha value is -0.0800. The molecule has 3 atom stereocenters. The lowest BCUT2D eigenvalue weighted by atomic mass is 9.75. The summed E-state index contributed by atoms with van der Waals surface area (Å²) in [6, 6.07) is 0.724. The number of nitrogens with one attached hydrogen (secondary N) is 1. The molecule has 0 aromatic carbocycles. The van der Waals surface area contributed by atoms with Crippen molar-refractivity contribution in [2.24, 2.45) is 11.3 Å². The molecule has 0 radical (unpaired) electrons. The van der Waals surface area contributed by atoms with E-state index in [0.717, 1.165) is 31.3 Å². The van der Waals surface area contributed by atoms with Gasteiger partial charge in [0.1, 0.15) is 0 Å². The van der Waals surface area contributed by atoms with E-state index in [1.54, 1.807) is 0 Å². The van der Waals surface area contributed by atoms with Crippen molar-refractivity contribution in [1.29, 1.82) is 0 Å². The van der Waals surface area contributed by atoms with Gasteiger partial charge in [-0.1, -0.05) is 20.3 Å². The van der Waals surface area contributed by atoms with Crippen molar-refractivity contribution in [3.63, 3.8) is 0 Å². The summed E-state index contributed by atoms with van der Waals surface area (Å²) in [7, 11) is 0. The molecule has 0 spiro atoms. The molecule has 2 rings (SSSR count). The molecule has 0 saturated heterocycles. The largest absolute Gasteiger partial charge is 0.393 e. The quantitative estimate of drug-likeness (QED) is 0.774. The van der Waals surface area contributed by atoms with E-state index in [1.165, 1.54) is 32.1 Å². The van der Waals surface area contributed by atoms with Crippen LogP contribution in [0.2, 0.25) is 0 Å². The summed E-state index contributed by atoms with van der Waals surface area (Å²) in [5.74, 6) is 0.722. The zero-order valence-electron chi connectivity index (χ0n) is 10.8. The molecule has 0 aromatic rings. The Morgan fingerprint density at radius 3 is 2.69 bits per heavy atom. The molecule has 0 aliphatic heterocycles. The first-order chi connectivity index (χ1) is 7.55. The normalized spacial score (nSPS) is 38.8. The molecule has 0 heterocycles. The molecule has 2 nitrogen and oxygen atoms in total. The van der Waals surface area contributed by atoms with E-state index in [0.29, 0.717) is 5.41 Å². The zero-order chi connectivity index (χ0) is 11.6. The monoisotopic (exact) mass is 225 g/mol. The van der Waals surface area contributed by atoms with Gasteiger partial charge in [0.15, 0.2) is 0 Å². The van der Waals surface area contributed by atoms with E-state index in [9.17, 15) is 5.11 Å². The number of aliphatic hydroxyl groups is 1. The van der Waals surface area contributed by atoms with E-state index in [-0.39, 0.29) is 6.10 Å². The maximum Gasteiger partial charge on any atom is 0.0543 e. The van der Waals surface area contributed by atoms with Gasteiger partial charge in [0.05, 0.1) is 6.10 Å². The highest BCUT2D eigenvalue weighted by atomic mass is 16.3. The van der Waals surface area contributed by atoms with Crippen molar-refractivity contribution < 1.29 is 5.11 Å². The third kappa shape index (κ3) is 3.46. The highest BCUT2D eigenvalue weighted by Crippen LogP contribution is 2.35. The van der Waals surface area contributed by atoms with Crippen LogP contribution in [0.15, 0.2) is 0 Å². The van der Waals surface area contributed by atoms with Crippen LogP contribution in [-0.2, 0) is 0 Å².